The summed E-state index contributed by atoms with van der Waals surface area (Å²) in [7, 11) is -3.86. The first kappa shape index (κ1) is 17.8. The highest BCUT2D eigenvalue weighted by molar-refractivity contribution is 7.92. The standard InChI is InChI=1S/C17H13ClN4O3S/c1-11-6-13(18)2-4-15(11)25-16-5-3-14(7-12(16)8-19)26(23,24)22-17-9-20-10-21-17/h2-7,9-10,22H,1H3,(H,20,21). The van der Waals surface area contributed by atoms with Crippen LogP contribution in [0.25, 0.3) is 0 Å². The topological polar surface area (TPSA) is 108 Å². The van der Waals surface area contributed by atoms with Crippen molar-refractivity contribution in [2.75, 3.05) is 4.72 Å². The Balaban J connectivity index is 1.92. The molecule has 9 heteroatoms. The molecule has 0 unspecified atom stereocenters. The molecule has 0 aliphatic heterocycles. The number of imidazole rings is 1. The fourth-order valence-electron chi connectivity index (χ4n) is 2.21. The van der Waals surface area contributed by atoms with Crippen LogP contribution in [0.2, 0.25) is 5.02 Å². The molecule has 0 radical (unpaired) electrons. The second-order valence-electron chi connectivity index (χ2n) is 5.35. The van der Waals surface area contributed by atoms with Crippen LogP contribution in [0.1, 0.15) is 11.1 Å². The van der Waals surface area contributed by atoms with Gasteiger partial charge in [-0.15, -0.1) is 0 Å². The van der Waals surface area contributed by atoms with Crippen LogP contribution in [0.4, 0.5) is 5.82 Å². The molecule has 0 fully saturated rings. The van der Waals surface area contributed by atoms with Crippen LogP contribution in [0.3, 0.4) is 0 Å². The Bertz CT molecular complexity index is 1090. The first-order valence-electron chi connectivity index (χ1n) is 7.38. The van der Waals surface area contributed by atoms with Gasteiger partial charge in [0.25, 0.3) is 10.0 Å². The average Bonchev–Trinajstić information content (AvgIpc) is 3.09. The lowest BCUT2D eigenvalue weighted by atomic mass is 10.2. The van der Waals surface area contributed by atoms with Crippen molar-refractivity contribution in [3.63, 3.8) is 0 Å². The summed E-state index contributed by atoms with van der Waals surface area (Å²) in [6.45, 7) is 1.82. The number of H-pyrrole nitrogens is 1. The first-order valence-corrected chi connectivity index (χ1v) is 9.24. The smallest absolute Gasteiger partial charge is 0.263 e. The number of nitrogens with one attached hydrogen (secondary N) is 2. The van der Waals surface area contributed by atoms with Gasteiger partial charge in [-0.2, -0.15) is 5.26 Å². The molecule has 7 nitrogen and oxygen atoms in total. The molecule has 0 bridgehead atoms. The monoisotopic (exact) mass is 388 g/mol. The number of rotatable bonds is 5. The lowest BCUT2D eigenvalue weighted by molar-refractivity contribution is 0.477. The fourth-order valence-corrected chi connectivity index (χ4v) is 3.48. The Morgan fingerprint density at radius 2 is 2.00 bits per heavy atom. The van der Waals surface area contributed by atoms with E-state index in [1.165, 1.54) is 30.7 Å². The Morgan fingerprint density at radius 3 is 2.65 bits per heavy atom. The second kappa shape index (κ2) is 7.07. The molecule has 3 aromatic rings. The van der Waals surface area contributed by atoms with E-state index in [1.807, 2.05) is 13.0 Å². The number of sulfonamides is 1. The normalized spacial score (nSPS) is 11.0. The van der Waals surface area contributed by atoms with Gasteiger partial charge >= 0.3 is 0 Å². The summed E-state index contributed by atoms with van der Waals surface area (Å²) in [6.07, 6.45) is 2.69. The Hall–Kier alpha value is -3.02. The van der Waals surface area contributed by atoms with E-state index in [0.717, 1.165) is 5.56 Å². The number of nitriles is 1. The number of halogens is 1. The van der Waals surface area contributed by atoms with Crippen LogP contribution in [0.5, 0.6) is 11.5 Å². The van der Waals surface area contributed by atoms with Crippen molar-refractivity contribution in [2.24, 2.45) is 0 Å². The zero-order valence-corrected chi connectivity index (χ0v) is 15.1. The van der Waals surface area contributed by atoms with Gasteiger partial charge in [-0.25, -0.2) is 13.4 Å². The SMILES string of the molecule is Cc1cc(Cl)ccc1Oc1ccc(S(=O)(=O)Nc2cnc[nH]2)cc1C#N. The molecule has 2 N–H and O–H groups in total. The van der Waals surface area contributed by atoms with Gasteiger partial charge < -0.3 is 9.72 Å². The zero-order chi connectivity index (χ0) is 18.7. The first-order chi connectivity index (χ1) is 12.4. The minimum Gasteiger partial charge on any atom is -0.456 e. The van der Waals surface area contributed by atoms with Crippen LogP contribution in [0, 0.1) is 18.3 Å². The maximum atomic E-state index is 12.4. The molecule has 2 aromatic carbocycles. The molecule has 0 saturated carbocycles. The average molecular weight is 389 g/mol. The highest BCUT2D eigenvalue weighted by Gasteiger charge is 2.18. The molecule has 3 rings (SSSR count). The highest BCUT2D eigenvalue weighted by atomic mass is 35.5. The Morgan fingerprint density at radius 1 is 1.23 bits per heavy atom. The Kier molecular flexibility index (Phi) is 4.84. The van der Waals surface area contributed by atoms with E-state index in [2.05, 4.69) is 14.7 Å². The molecule has 132 valence electrons. The minimum absolute atomic E-state index is 0.0659. The number of ether oxygens (including phenoxy) is 1. The summed E-state index contributed by atoms with van der Waals surface area (Å²) in [5, 5.41) is 9.95. The third-order valence-electron chi connectivity index (χ3n) is 3.48. The molecule has 0 spiro atoms. The van der Waals surface area contributed by atoms with Crippen molar-refractivity contribution < 1.29 is 13.2 Å². The van der Waals surface area contributed by atoms with E-state index in [0.29, 0.717) is 10.8 Å². The Labute approximate surface area is 155 Å². The van der Waals surface area contributed by atoms with Gasteiger partial charge in [0.2, 0.25) is 0 Å². The molecule has 1 aromatic heterocycles. The summed E-state index contributed by atoms with van der Waals surface area (Å²) in [4.78, 5) is 6.32. The zero-order valence-electron chi connectivity index (χ0n) is 13.5. The van der Waals surface area contributed by atoms with E-state index in [-0.39, 0.29) is 22.0 Å². The van der Waals surface area contributed by atoms with Gasteiger partial charge in [-0.1, -0.05) is 11.6 Å². The molecular weight excluding hydrogens is 376 g/mol. The number of hydrogen-bond acceptors (Lipinski definition) is 5. The quantitative estimate of drug-likeness (QED) is 0.690. The summed E-state index contributed by atoms with van der Waals surface area (Å²) in [6, 6.07) is 11.1. The van der Waals surface area contributed by atoms with Crippen LogP contribution in [0.15, 0.2) is 53.8 Å². The van der Waals surface area contributed by atoms with Crippen molar-refractivity contribution in [2.45, 2.75) is 11.8 Å². The number of hydrogen-bond donors (Lipinski definition) is 2. The van der Waals surface area contributed by atoms with Crippen LogP contribution in [-0.4, -0.2) is 18.4 Å². The third-order valence-corrected chi connectivity index (χ3v) is 5.08. The number of aromatic nitrogens is 2. The number of aryl methyl sites for hydroxylation is 1. The van der Waals surface area contributed by atoms with Crippen molar-refractivity contribution in [1.29, 1.82) is 5.26 Å². The molecule has 0 aliphatic carbocycles. The second-order valence-corrected chi connectivity index (χ2v) is 7.47. The fraction of sp³-hybridized carbons (Fsp3) is 0.0588. The van der Waals surface area contributed by atoms with Gasteiger partial charge in [-0.05, 0) is 48.9 Å². The molecule has 0 amide bonds. The van der Waals surface area contributed by atoms with E-state index in [9.17, 15) is 13.7 Å². The number of benzene rings is 2. The molecular formula is C17H13ClN4O3S. The summed E-state index contributed by atoms with van der Waals surface area (Å²) >= 11 is 5.92. The minimum atomic E-state index is -3.86. The molecule has 26 heavy (non-hydrogen) atoms. The van der Waals surface area contributed by atoms with E-state index in [4.69, 9.17) is 16.3 Å². The lowest BCUT2D eigenvalue weighted by Crippen LogP contribution is -2.13. The van der Waals surface area contributed by atoms with E-state index < -0.39 is 10.0 Å². The molecule has 1 heterocycles. The van der Waals surface area contributed by atoms with Gasteiger partial charge in [-0.3, -0.25) is 4.72 Å². The van der Waals surface area contributed by atoms with Crippen LogP contribution >= 0.6 is 11.6 Å². The van der Waals surface area contributed by atoms with E-state index in [1.54, 1.807) is 18.2 Å². The predicted octanol–water partition coefficient (Wildman–Crippen LogP) is 3.84. The van der Waals surface area contributed by atoms with Crippen molar-refractivity contribution in [1.82, 2.24) is 9.97 Å². The number of aromatic amines is 1. The van der Waals surface area contributed by atoms with Crippen LogP contribution < -0.4 is 9.46 Å². The van der Waals surface area contributed by atoms with E-state index >= 15 is 0 Å². The molecule has 0 atom stereocenters. The predicted molar refractivity (Wildman–Crippen MR) is 96.8 cm³/mol. The van der Waals surface area contributed by atoms with Crippen molar-refractivity contribution in [3.05, 3.63) is 65.1 Å². The van der Waals surface area contributed by atoms with Crippen molar-refractivity contribution >= 4 is 27.4 Å². The maximum Gasteiger partial charge on any atom is 0.263 e. The maximum absolute atomic E-state index is 12.4. The molecule has 0 saturated heterocycles. The third kappa shape index (κ3) is 3.79. The van der Waals surface area contributed by atoms with Gasteiger partial charge in [0.15, 0.2) is 0 Å². The summed E-state index contributed by atoms with van der Waals surface area (Å²) < 4.78 is 32.9. The lowest BCUT2D eigenvalue weighted by Gasteiger charge is -2.12. The number of nitrogens with zero attached hydrogens (tertiary/aromatic N) is 2. The summed E-state index contributed by atoms with van der Waals surface area (Å²) in [5.74, 6) is 0.996. The highest BCUT2D eigenvalue weighted by Crippen LogP contribution is 2.31. The summed E-state index contributed by atoms with van der Waals surface area (Å²) in [5.41, 5.74) is 0.880. The van der Waals surface area contributed by atoms with Gasteiger partial charge in [0, 0.05) is 5.02 Å². The largest absolute Gasteiger partial charge is 0.456 e. The number of anilines is 1. The van der Waals surface area contributed by atoms with Gasteiger partial charge in [0.1, 0.15) is 23.4 Å². The van der Waals surface area contributed by atoms with Crippen molar-refractivity contribution in [3.8, 4) is 17.6 Å². The molecule has 0 aliphatic rings. The van der Waals surface area contributed by atoms with Gasteiger partial charge in [0.05, 0.1) is 23.0 Å². The van der Waals surface area contributed by atoms with Crippen LogP contribution in [-0.2, 0) is 10.0 Å².